The van der Waals surface area contributed by atoms with E-state index in [1.807, 2.05) is 54.4 Å². The number of aliphatic hydroxyl groups is 1. The number of amides is 1. The third-order valence-electron chi connectivity index (χ3n) is 8.19. The third kappa shape index (κ3) is 6.41. The number of piperidine rings is 1. The molecule has 0 spiro atoms. The number of aryl methyl sites for hydroxylation is 1. The van der Waals surface area contributed by atoms with Gasteiger partial charge in [-0.05, 0) is 54.9 Å². The molecule has 222 valence electrons. The molecule has 1 N–H and O–H groups in total. The van der Waals surface area contributed by atoms with E-state index in [1.165, 1.54) is 5.56 Å². The Labute approximate surface area is 257 Å². The Balaban J connectivity index is 1.22. The zero-order valence-electron chi connectivity index (χ0n) is 24.8. The Bertz CT molecular complexity index is 1560. The molecule has 3 heterocycles. The topological polar surface area (TPSA) is 89.1 Å². The molecule has 1 aliphatic rings. The monoisotopic (exact) mass is 608 g/mol. The van der Waals surface area contributed by atoms with Crippen LogP contribution in [-0.2, 0) is 18.5 Å². The minimum Gasteiger partial charge on any atom is -0.386 e. The minimum atomic E-state index is -0.682. The Morgan fingerprint density at radius 3 is 2.50 bits per heavy atom. The van der Waals surface area contributed by atoms with E-state index in [2.05, 4.69) is 55.2 Å². The molecule has 0 bridgehead atoms. The summed E-state index contributed by atoms with van der Waals surface area (Å²) in [5.41, 5.74) is 4.94. The molecular weight excluding hydrogens is 571 g/mol. The van der Waals surface area contributed by atoms with Gasteiger partial charge in [0.1, 0.15) is 5.15 Å². The number of hydrogen-bond acceptors (Lipinski definition) is 5. The summed E-state index contributed by atoms with van der Waals surface area (Å²) in [4.78, 5) is 15.5. The highest BCUT2D eigenvalue weighted by atomic mass is 35.5. The zero-order chi connectivity index (χ0) is 30.2. The predicted octanol–water partition coefficient (Wildman–Crippen LogP) is 6.58. The van der Waals surface area contributed by atoms with E-state index in [0.29, 0.717) is 41.1 Å². The van der Waals surface area contributed by atoms with Gasteiger partial charge in [-0.1, -0.05) is 91.7 Å². The first-order chi connectivity index (χ1) is 19.9. The van der Waals surface area contributed by atoms with E-state index < -0.39 is 6.10 Å². The second-order valence-corrected chi connectivity index (χ2v) is 13.1. The maximum atomic E-state index is 13.7. The summed E-state index contributed by atoms with van der Waals surface area (Å²) in [5, 5.41) is 25.0. The van der Waals surface area contributed by atoms with Crippen LogP contribution in [0.2, 0.25) is 10.2 Å². The molecule has 0 aliphatic carbocycles. The van der Waals surface area contributed by atoms with E-state index >= 15 is 0 Å². The van der Waals surface area contributed by atoms with Crippen LogP contribution in [0, 0.1) is 6.92 Å². The van der Waals surface area contributed by atoms with Gasteiger partial charge < -0.3 is 10.0 Å². The fourth-order valence-electron chi connectivity index (χ4n) is 5.65. The van der Waals surface area contributed by atoms with E-state index in [4.69, 9.17) is 23.2 Å². The number of carbonyl (C=O) groups is 1. The van der Waals surface area contributed by atoms with Crippen molar-refractivity contribution in [3.8, 4) is 0 Å². The smallest absolute Gasteiger partial charge is 0.259 e. The van der Waals surface area contributed by atoms with Crippen molar-refractivity contribution < 1.29 is 9.90 Å². The Morgan fingerprint density at radius 2 is 1.83 bits per heavy atom. The number of carbonyl (C=O) groups excluding carboxylic acids is 1. The summed E-state index contributed by atoms with van der Waals surface area (Å²) in [6, 6.07) is 15.6. The van der Waals surface area contributed by atoms with Crippen molar-refractivity contribution >= 4 is 29.1 Å². The first-order valence-corrected chi connectivity index (χ1v) is 15.1. The second-order valence-electron chi connectivity index (χ2n) is 12.3. The molecule has 3 unspecified atom stereocenters. The van der Waals surface area contributed by atoms with Gasteiger partial charge in [-0.2, -0.15) is 5.10 Å². The average molecular weight is 610 g/mol. The summed E-state index contributed by atoms with van der Waals surface area (Å²) >= 11 is 13.0. The first-order valence-electron chi connectivity index (χ1n) is 14.4. The highest BCUT2D eigenvalue weighted by molar-refractivity contribution is 6.33. The van der Waals surface area contributed by atoms with Crippen LogP contribution in [0.3, 0.4) is 0 Å². The largest absolute Gasteiger partial charge is 0.386 e. The number of likely N-dealkylation sites (tertiary alicyclic amines) is 1. The van der Waals surface area contributed by atoms with Crippen molar-refractivity contribution in [2.75, 3.05) is 6.54 Å². The third-order valence-corrected chi connectivity index (χ3v) is 8.94. The summed E-state index contributed by atoms with van der Waals surface area (Å²) in [7, 11) is 0. The quantitative estimate of drug-likeness (QED) is 0.256. The fourth-order valence-corrected chi connectivity index (χ4v) is 6.16. The Morgan fingerprint density at radius 1 is 1.12 bits per heavy atom. The highest BCUT2D eigenvalue weighted by Crippen LogP contribution is 2.33. The fraction of sp³-hybridized carbons (Fsp3) is 0.438. The molecule has 8 nitrogen and oxygen atoms in total. The number of benzene rings is 2. The van der Waals surface area contributed by atoms with Crippen LogP contribution < -0.4 is 0 Å². The van der Waals surface area contributed by atoms with Crippen LogP contribution in [0.5, 0.6) is 0 Å². The summed E-state index contributed by atoms with van der Waals surface area (Å²) in [6.07, 6.45) is 2.75. The molecule has 5 rings (SSSR count). The number of aliphatic hydroxyl groups excluding tert-OH is 1. The molecule has 2 aromatic carbocycles. The summed E-state index contributed by atoms with van der Waals surface area (Å²) < 4.78 is 3.34. The zero-order valence-corrected chi connectivity index (χ0v) is 26.3. The molecular formula is C32H38Cl2N6O2. The molecule has 0 saturated carbocycles. The number of halogens is 2. The molecule has 1 amide bonds. The van der Waals surface area contributed by atoms with Crippen molar-refractivity contribution in [1.82, 2.24) is 29.7 Å². The van der Waals surface area contributed by atoms with E-state index in [0.717, 1.165) is 29.7 Å². The standard InChI is InChI=1S/C32H38Cl2N6O2/c1-20-16-23(27-18-38(37-35-27)19-28(41)22-10-12-25(13-11-22)32(3,4)5)14-15-39(20)31(42)29-21(2)36-40(30(29)34)17-24-8-6-7-9-26(24)33/h6-13,18,20,23,28,41H,14-17,19H2,1-5H3. The molecule has 1 saturated heterocycles. The lowest BCUT2D eigenvalue weighted by molar-refractivity contribution is 0.0613. The van der Waals surface area contributed by atoms with Gasteiger partial charge >= 0.3 is 0 Å². The normalized spacial score (nSPS) is 18.3. The van der Waals surface area contributed by atoms with Crippen molar-refractivity contribution in [1.29, 1.82) is 0 Å². The van der Waals surface area contributed by atoms with Crippen LogP contribution >= 0.6 is 23.2 Å². The molecule has 2 aromatic heterocycles. The minimum absolute atomic E-state index is 0.0179. The maximum Gasteiger partial charge on any atom is 0.259 e. The van der Waals surface area contributed by atoms with E-state index in [9.17, 15) is 9.90 Å². The molecule has 10 heteroatoms. The number of aromatic nitrogens is 5. The van der Waals surface area contributed by atoms with Crippen LogP contribution in [0.15, 0.2) is 54.7 Å². The number of nitrogens with zero attached hydrogens (tertiary/aromatic N) is 6. The lowest BCUT2D eigenvalue weighted by Gasteiger charge is -2.37. The van der Waals surface area contributed by atoms with Crippen LogP contribution in [0.1, 0.15) is 91.0 Å². The van der Waals surface area contributed by atoms with Crippen molar-refractivity contribution in [2.24, 2.45) is 0 Å². The van der Waals surface area contributed by atoms with Gasteiger partial charge in [0.15, 0.2) is 0 Å². The van der Waals surface area contributed by atoms with Crippen molar-refractivity contribution in [2.45, 2.75) is 84.0 Å². The van der Waals surface area contributed by atoms with E-state index in [1.54, 1.807) is 9.36 Å². The maximum absolute atomic E-state index is 13.7. The first kappa shape index (κ1) is 30.3. The molecule has 0 radical (unpaired) electrons. The van der Waals surface area contributed by atoms with Gasteiger partial charge in [-0.3, -0.25) is 4.79 Å². The predicted molar refractivity (Wildman–Crippen MR) is 165 cm³/mol. The van der Waals surface area contributed by atoms with Gasteiger partial charge in [0.05, 0.1) is 36.1 Å². The van der Waals surface area contributed by atoms with Crippen LogP contribution in [-0.4, -0.2) is 53.3 Å². The van der Waals surface area contributed by atoms with Gasteiger partial charge in [0.25, 0.3) is 5.91 Å². The van der Waals surface area contributed by atoms with Crippen molar-refractivity contribution in [3.05, 3.63) is 98.5 Å². The molecule has 1 fully saturated rings. The molecule has 4 aromatic rings. The van der Waals surface area contributed by atoms with Crippen LogP contribution in [0.25, 0.3) is 0 Å². The number of hydrogen-bond donors (Lipinski definition) is 1. The van der Waals surface area contributed by atoms with Gasteiger partial charge in [-0.15, -0.1) is 5.10 Å². The van der Waals surface area contributed by atoms with Crippen molar-refractivity contribution in [3.63, 3.8) is 0 Å². The highest BCUT2D eigenvalue weighted by Gasteiger charge is 2.34. The SMILES string of the molecule is Cc1nn(Cc2ccccc2Cl)c(Cl)c1C(=O)N1CCC(c2cn(CC(O)c3ccc(C(C)(C)C)cc3)nn2)CC1C. The molecule has 42 heavy (non-hydrogen) atoms. The lowest BCUT2D eigenvalue weighted by Crippen LogP contribution is -2.44. The summed E-state index contributed by atoms with van der Waals surface area (Å²) in [5.74, 6) is 0.0543. The average Bonchev–Trinajstić information content (AvgIpc) is 3.52. The number of rotatable bonds is 7. The Hall–Kier alpha value is -3.20. The van der Waals surface area contributed by atoms with E-state index in [-0.39, 0.29) is 23.3 Å². The lowest BCUT2D eigenvalue weighted by atomic mass is 9.86. The Kier molecular flexibility index (Phi) is 8.78. The van der Waals surface area contributed by atoms with Crippen LogP contribution in [0.4, 0.5) is 0 Å². The van der Waals surface area contributed by atoms with Gasteiger partial charge in [-0.25, -0.2) is 9.36 Å². The van der Waals surface area contributed by atoms with Gasteiger partial charge in [0.2, 0.25) is 0 Å². The molecule has 1 aliphatic heterocycles. The molecule has 3 atom stereocenters. The van der Waals surface area contributed by atoms with Gasteiger partial charge in [0, 0.05) is 29.7 Å². The summed E-state index contributed by atoms with van der Waals surface area (Å²) in [6.45, 7) is 11.7. The second kappa shape index (κ2) is 12.2.